The average Bonchev–Trinajstić information content (AvgIpc) is 2.62. The van der Waals surface area contributed by atoms with Crippen molar-refractivity contribution in [2.24, 2.45) is 0 Å². The van der Waals surface area contributed by atoms with Gasteiger partial charge in [-0.1, -0.05) is 18.3 Å². The number of nitrogens with zero attached hydrogens (tertiary/aromatic N) is 2. The molecule has 0 fully saturated rings. The summed E-state index contributed by atoms with van der Waals surface area (Å²) >= 11 is 1.38. The van der Waals surface area contributed by atoms with Crippen LogP contribution in [0.15, 0.2) is 0 Å². The molecule has 1 amide bonds. The van der Waals surface area contributed by atoms with Gasteiger partial charge in [0.15, 0.2) is 0 Å². The molecule has 6 heteroatoms. The molecule has 1 aromatic rings. The number of carbonyl (C=O) groups excluding carboxylic acids is 1. The smallest absolute Gasteiger partial charge is 0.226 e. The zero-order chi connectivity index (χ0) is 10.4. The highest BCUT2D eigenvalue weighted by atomic mass is 32.1. The quantitative estimate of drug-likeness (QED) is 0.762. The molecule has 0 bridgehead atoms. The Balaban J connectivity index is 2.39. The van der Waals surface area contributed by atoms with Gasteiger partial charge in [-0.2, -0.15) is 0 Å². The van der Waals surface area contributed by atoms with Crippen molar-refractivity contribution < 1.29 is 9.90 Å². The standard InChI is InChI=1S/C8H13N3O2S/c1-2-7-10-11-8(14-7)9-6(13)4-3-5-12/h12H,2-5H2,1H3,(H,9,11,13). The van der Waals surface area contributed by atoms with E-state index in [9.17, 15) is 4.79 Å². The van der Waals surface area contributed by atoms with E-state index in [2.05, 4.69) is 15.5 Å². The molecule has 0 radical (unpaired) electrons. The van der Waals surface area contributed by atoms with Crippen LogP contribution in [-0.4, -0.2) is 27.8 Å². The maximum Gasteiger partial charge on any atom is 0.226 e. The molecule has 0 atom stereocenters. The van der Waals surface area contributed by atoms with Gasteiger partial charge in [-0.3, -0.25) is 4.79 Å². The number of rotatable bonds is 5. The molecule has 0 aliphatic heterocycles. The normalized spacial score (nSPS) is 10.1. The predicted octanol–water partition coefficient (Wildman–Crippen LogP) is 0.812. The van der Waals surface area contributed by atoms with Crippen molar-refractivity contribution in [3.8, 4) is 0 Å². The number of nitrogens with one attached hydrogen (secondary N) is 1. The van der Waals surface area contributed by atoms with Crippen LogP contribution in [-0.2, 0) is 11.2 Å². The Bertz CT molecular complexity index is 301. The number of amides is 1. The molecule has 0 saturated heterocycles. The highest BCUT2D eigenvalue weighted by molar-refractivity contribution is 7.15. The number of aliphatic hydroxyl groups is 1. The van der Waals surface area contributed by atoms with E-state index in [0.29, 0.717) is 18.0 Å². The first-order valence-corrected chi connectivity index (χ1v) is 5.31. The summed E-state index contributed by atoms with van der Waals surface area (Å²) in [5, 5.41) is 20.3. The van der Waals surface area contributed by atoms with Crippen LogP contribution < -0.4 is 5.32 Å². The van der Waals surface area contributed by atoms with Crippen molar-refractivity contribution in [1.29, 1.82) is 0 Å². The van der Waals surface area contributed by atoms with Crippen LogP contribution >= 0.6 is 11.3 Å². The fraction of sp³-hybridized carbons (Fsp3) is 0.625. The zero-order valence-electron chi connectivity index (χ0n) is 7.99. The number of hydrogen-bond donors (Lipinski definition) is 2. The van der Waals surface area contributed by atoms with Crippen LogP contribution in [0.5, 0.6) is 0 Å². The number of anilines is 1. The lowest BCUT2D eigenvalue weighted by atomic mass is 10.3. The van der Waals surface area contributed by atoms with Crippen molar-refractivity contribution in [3.63, 3.8) is 0 Å². The maximum absolute atomic E-state index is 11.2. The Morgan fingerprint density at radius 2 is 2.36 bits per heavy atom. The zero-order valence-corrected chi connectivity index (χ0v) is 8.80. The Labute approximate surface area is 86.2 Å². The van der Waals surface area contributed by atoms with Crippen LogP contribution in [0.25, 0.3) is 0 Å². The predicted molar refractivity (Wildman–Crippen MR) is 54.2 cm³/mol. The third-order valence-electron chi connectivity index (χ3n) is 1.58. The van der Waals surface area contributed by atoms with Gasteiger partial charge in [0.05, 0.1) is 0 Å². The highest BCUT2D eigenvalue weighted by Gasteiger charge is 2.06. The Morgan fingerprint density at radius 3 is 2.93 bits per heavy atom. The van der Waals surface area contributed by atoms with Crippen molar-refractivity contribution in [3.05, 3.63) is 5.01 Å². The molecular formula is C8H13N3O2S. The minimum absolute atomic E-state index is 0.0315. The molecule has 1 heterocycles. The molecule has 0 unspecified atom stereocenters. The molecule has 0 aromatic carbocycles. The lowest BCUT2D eigenvalue weighted by Crippen LogP contribution is -2.11. The van der Waals surface area contributed by atoms with E-state index in [0.717, 1.165) is 11.4 Å². The first-order chi connectivity index (χ1) is 6.76. The molecule has 0 aliphatic carbocycles. The molecule has 0 aliphatic rings. The van der Waals surface area contributed by atoms with Gasteiger partial charge in [-0.05, 0) is 12.8 Å². The van der Waals surface area contributed by atoms with Gasteiger partial charge in [0, 0.05) is 13.0 Å². The summed E-state index contributed by atoms with van der Waals surface area (Å²) in [5.74, 6) is -0.127. The number of aliphatic hydroxyl groups excluding tert-OH is 1. The van der Waals surface area contributed by atoms with E-state index < -0.39 is 0 Å². The van der Waals surface area contributed by atoms with Crippen LogP contribution in [0.2, 0.25) is 0 Å². The Kier molecular flexibility index (Phi) is 4.48. The molecule has 78 valence electrons. The number of hydrogen-bond acceptors (Lipinski definition) is 5. The van der Waals surface area contributed by atoms with Crippen molar-refractivity contribution in [2.45, 2.75) is 26.2 Å². The molecule has 5 nitrogen and oxygen atoms in total. The number of aryl methyl sites for hydroxylation is 1. The van der Waals surface area contributed by atoms with Crippen LogP contribution in [0.3, 0.4) is 0 Å². The highest BCUT2D eigenvalue weighted by Crippen LogP contribution is 2.15. The monoisotopic (exact) mass is 215 g/mol. The summed E-state index contributed by atoms with van der Waals surface area (Å²) in [7, 11) is 0. The van der Waals surface area contributed by atoms with Gasteiger partial charge >= 0.3 is 0 Å². The van der Waals surface area contributed by atoms with Gasteiger partial charge in [0.25, 0.3) is 0 Å². The maximum atomic E-state index is 11.2. The van der Waals surface area contributed by atoms with Crippen LogP contribution in [0, 0.1) is 0 Å². The van der Waals surface area contributed by atoms with Gasteiger partial charge in [-0.15, -0.1) is 10.2 Å². The molecular weight excluding hydrogens is 202 g/mol. The van der Waals surface area contributed by atoms with Crippen LogP contribution in [0.1, 0.15) is 24.8 Å². The third kappa shape index (κ3) is 3.39. The lowest BCUT2D eigenvalue weighted by Gasteiger charge is -1.97. The van der Waals surface area contributed by atoms with Crippen molar-refractivity contribution in [2.75, 3.05) is 11.9 Å². The fourth-order valence-electron chi connectivity index (χ4n) is 0.868. The second-order valence-electron chi connectivity index (χ2n) is 2.73. The third-order valence-corrected chi connectivity index (χ3v) is 2.56. The second kappa shape index (κ2) is 5.66. The largest absolute Gasteiger partial charge is 0.396 e. The first kappa shape index (κ1) is 11.1. The van der Waals surface area contributed by atoms with Crippen molar-refractivity contribution in [1.82, 2.24) is 10.2 Å². The molecule has 1 aromatic heterocycles. The number of aromatic nitrogens is 2. The van der Waals surface area contributed by atoms with Gasteiger partial charge in [0.2, 0.25) is 11.0 Å². The summed E-state index contributed by atoms with van der Waals surface area (Å²) in [4.78, 5) is 11.2. The molecule has 0 spiro atoms. The molecule has 0 saturated carbocycles. The summed E-state index contributed by atoms with van der Waals surface area (Å²) in [6.45, 7) is 2.02. The minimum atomic E-state index is -0.127. The van der Waals surface area contributed by atoms with Gasteiger partial charge < -0.3 is 10.4 Å². The van der Waals surface area contributed by atoms with Gasteiger partial charge in [-0.25, -0.2) is 0 Å². The summed E-state index contributed by atoms with van der Waals surface area (Å²) in [6.07, 6.45) is 1.62. The lowest BCUT2D eigenvalue weighted by molar-refractivity contribution is -0.116. The Morgan fingerprint density at radius 1 is 1.57 bits per heavy atom. The molecule has 1 rings (SSSR count). The second-order valence-corrected chi connectivity index (χ2v) is 3.79. The fourth-order valence-corrected chi connectivity index (χ4v) is 1.56. The average molecular weight is 215 g/mol. The molecule has 2 N–H and O–H groups in total. The van der Waals surface area contributed by atoms with E-state index in [4.69, 9.17) is 5.11 Å². The first-order valence-electron chi connectivity index (χ1n) is 4.49. The van der Waals surface area contributed by atoms with E-state index in [1.165, 1.54) is 11.3 Å². The molecule has 14 heavy (non-hydrogen) atoms. The van der Waals surface area contributed by atoms with E-state index >= 15 is 0 Å². The van der Waals surface area contributed by atoms with Crippen LogP contribution in [0.4, 0.5) is 5.13 Å². The van der Waals surface area contributed by atoms with E-state index in [-0.39, 0.29) is 12.5 Å². The van der Waals surface area contributed by atoms with Crippen molar-refractivity contribution >= 4 is 22.4 Å². The number of carbonyl (C=O) groups is 1. The Hall–Kier alpha value is -1.01. The van der Waals surface area contributed by atoms with E-state index in [1.54, 1.807) is 0 Å². The SMILES string of the molecule is CCc1nnc(NC(=O)CCCO)s1. The topological polar surface area (TPSA) is 75.1 Å². The van der Waals surface area contributed by atoms with Gasteiger partial charge in [0.1, 0.15) is 5.01 Å². The summed E-state index contributed by atoms with van der Waals surface area (Å²) in [5.41, 5.74) is 0. The summed E-state index contributed by atoms with van der Waals surface area (Å²) < 4.78 is 0. The summed E-state index contributed by atoms with van der Waals surface area (Å²) in [6, 6.07) is 0. The van der Waals surface area contributed by atoms with E-state index in [1.807, 2.05) is 6.92 Å². The minimum Gasteiger partial charge on any atom is -0.396 e.